The number of nitrogens with two attached hydrogens (primary N) is 3. The van der Waals surface area contributed by atoms with Gasteiger partial charge in [0.2, 0.25) is 53.2 Å². The largest absolute Gasteiger partial charge is 0.481 e. The molecule has 145 heavy (non-hydrogen) atoms. The molecule has 3 rings (SSSR count). The molecule has 41 N–H and O–H groups in total. The molecule has 0 aliphatic carbocycles. The lowest BCUT2D eigenvalue weighted by Gasteiger charge is -2.27. The van der Waals surface area contributed by atoms with Crippen molar-refractivity contribution in [3.8, 4) is 0 Å². The normalized spacial score (nSPS) is 16.7. The molecular formula is C85H134N18O41S. The van der Waals surface area contributed by atoms with E-state index in [9.17, 15) is 180 Å². The number of aliphatic hydroxyl groups is 21. The first-order chi connectivity index (χ1) is 68.2. The number of hydrogen-bond donors (Lipinski definition) is 39. The Bertz CT molecular complexity index is 4800. The Hall–Kier alpha value is -11.9. The van der Waals surface area contributed by atoms with Crippen molar-refractivity contribution in [2.45, 2.75) is 263 Å². The fourth-order valence-corrected chi connectivity index (χ4v) is 14.1. The van der Waals surface area contributed by atoms with Crippen LogP contribution in [0.4, 0.5) is 11.6 Å². The number of Topliss-reactive ketones (excluding diaryl/α,β-unsaturated/α-hetero) is 4. The second-order valence-corrected chi connectivity index (χ2v) is 34.5. The third-order valence-corrected chi connectivity index (χ3v) is 23.1. The zero-order chi connectivity index (χ0) is 109. The van der Waals surface area contributed by atoms with Gasteiger partial charge in [-0.1, -0.05) is 0 Å². The number of rotatable bonds is 75. The van der Waals surface area contributed by atoms with Gasteiger partial charge in [0.05, 0.1) is 87.4 Å². The number of anilines is 2. The van der Waals surface area contributed by atoms with Crippen LogP contribution in [-0.2, 0) is 78.5 Å². The van der Waals surface area contributed by atoms with Gasteiger partial charge in [0.25, 0.3) is 11.5 Å². The van der Waals surface area contributed by atoms with E-state index in [1.165, 1.54) is 30.5 Å². The summed E-state index contributed by atoms with van der Waals surface area (Å²) in [5.41, 5.74) is 16.5. The maximum absolute atomic E-state index is 15.3. The van der Waals surface area contributed by atoms with E-state index in [0.29, 0.717) is 5.69 Å². The minimum atomic E-state index is -2.27. The van der Waals surface area contributed by atoms with E-state index >= 15 is 19.2 Å². The van der Waals surface area contributed by atoms with Gasteiger partial charge in [-0.3, -0.25) is 86.7 Å². The number of ketones is 4. The van der Waals surface area contributed by atoms with E-state index in [-0.39, 0.29) is 47.9 Å². The van der Waals surface area contributed by atoms with Crippen molar-refractivity contribution in [2.75, 3.05) is 76.0 Å². The molecular weight excluding hydrogens is 1960 g/mol. The standard InChI is InChI=1S/C85H134N18O41S/c86-84(87)89-21-1-2-45(49(109)23-39(6-16-61(121)92-29-53(113)69(130)73(134)57(117)33-105)80(140)99-47(14-20-66(127)128)51(111)25-41(81(141)101-64(124)36-145)8-18-63(123)94-31-55(115)71(132)75(136)59(119)35-107)97-79(139)40(7-17-62(122)93-30-54(114)70(131)74(135)58(118)34-106)24-50(110)46(13-19-65(125)126)98-78(138)38(5-15-60(120)91-28-52(112)68(129)72(133)56(116)32-104)22-44(108)11-12-48(83(143)144)100-77(137)37-3-9-42(10-4-37)90-26-43-27-95-76-67(96-43)82(142)103-85(88)102-76/h3-4,9-10,27,38-41,45-48,52-59,64,68-75,90,104-107,112-119,124,129-136,145H,1-2,5-8,11-26,28-36H2,(H,91,120)(H,92,121)(H,93,122)(H,94,123)(H,97,139)(H,98,138)(H,99,140)(H,100,137)(H,101,141)(H,125,126)(H,127,128)(H,143,144)(H4,86,87,89)(H3,88,95,102,103,142)/t38-,39-,40-,41-,45+,46+,47+,48+,52+,53+,54+,55+,56-,57-,58-,59-,64-,68-,69-,70-,71-,72-,73-,74-,75-/m1/s1. The van der Waals surface area contributed by atoms with Crippen molar-refractivity contribution in [3.63, 3.8) is 0 Å². The number of benzene rings is 1. The Kier molecular flexibility index (Phi) is 57.6. The van der Waals surface area contributed by atoms with Crippen LogP contribution in [0.25, 0.3) is 11.2 Å². The summed E-state index contributed by atoms with van der Waals surface area (Å²) >= 11 is 3.91. The summed E-state index contributed by atoms with van der Waals surface area (Å²) in [5, 5.41) is 265. The fourth-order valence-electron chi connectivity index (χ4n) is 14.0. The number of nitrogen functional groups attached to an aromatic ring is 1. The van der Waals surface area contributed by atoms with Crippen molar-refractivity contribution in [1.29, 1.82) is 0 Å². The molecule has 0 aliphatic rings. The van der Waals surface area contributed by atoms with Gasteiger partial charge in [-0.25, -0.2) is 14.8 Å². The molecule has 60 heteroatoms. The average molecular weight is 2100 g/mol. The lowest BCUT2D eigenvalue weighted by Crippen LogP contribution is -2.50. The lowest BCUT2D eigenvalue weighted by molar-refractivity contribution is -0.140. The van der Waals surface area contributed by atoms with Crippen LogP contribution in [0.3, 0.4) is 0 Å². The molecule has 0 fully saturated rings. The number of nitrogens with zero attached hydrogens (tertiary/aromatic N) is 4. The summed E-state index contributed by atoms with van der Waals surface area (Å²) in [7, 11) is 0. The van der Waals surface area contributed by atoms with Crippen LogP contribution >= 0.6 is 12.6 Å². The van der Waals surface area contributed by atoms with Crippen molar-refractivity contribution in [1.82, 2.24) is 67.8 Å². The molecule has 3 aromatic rings. The highest BCUT2D eigenvalue weighted by Gasteiger charge is 2.41. The van der Waals surface area contributed by atoms with Gasteiger partial charge in [-0.15, -0.1) is 0 Å². The SMILES string of the molecule is NC(N)=NCCC[C@H](NC(=O)[C@H](CCC(=O)NC[C@H](O)[C@@H](O)[C@H](O)[C@H](O)CO)CC(=O)[C@H](CCC(=O)O)NC(=O)[C@H](CCC(=O)NC[C@H](O)[C@@H](O)[C@H](O)[C@H](O)CO)CC(=O)CC[C@H](NC(=O)c1ccc(NCc2cnc3nc(N)[nH]c(=O)c3n2)cc1)C(=O)O)C(=O)C[C@@H](CCC(=O)NC[C@H](O)[C@@H](O)[C@H](O)[C@H](O)CO)C(=O)N[C@@H](CCC(=O)O)C(=O)C[C@@H](CCC(=O)NC[C@H](O)[C@@H](O)[C@H](O)[C@H](O)CO)C(=O)N[C@H](O)CS. The summed E-state index contributed by atoms with van der Waals surface area (Å²) in [6.07, 6.45) is -51.5. The smallest absolute Gasteiger partial charge is 0.326 e. The van der Waals surface area contributed by atoms with Crippen LogP contribution in [0.1, 0.15) is 144 Å². The molecule has 816 valence electrons. The Labute approximate surface area is 830 Å². The number of aliphatic carboxylic acids is 3. The van der Waals surface area contributed by atoms with E-state index < -0.39 is 438 Å². The molecule has 0 radical (unpaired) electrons. The van der Waals surface area contributed by atoms with E-state index in [4.69, 9.17) is 22.3 Å². The summed E-state index contributed by atoms with van der Waals surface area (Å²) in [6, 6.07) is -2.59. The number of carbonyl (C=O) groups excluding carboxylic acids is 13. The number of aromatic nitrogens is 4. The number of H-pyrrole nitrogens is 1. The topological polar surface area (TPSA) is 1040 Å². The molecule has 0 spiro atoms. The van der Waals surface area contributed by atoms with Crippen LogP contribution in [0.15, 0.2) is 40.2 Å². The maximum Gasteiger partial charge on any atom is 0.326 e. The summed E-state index contributed by atoms with van der Waals surface area (Å²) in [6.45, 7) is -8.47. The fraction of sp³-hybridized carbons (Fsp3) is 0.659. The highest BCUT2D eigenvalue weighted by Crippen LogP contribution is 2.26. The van der Waals surface area contributed by atoms with Crippen molar-refractivity contribution < 1.29 is 199 Å². The molecule has 2 heterocycles. The third kappa shape index (κ3) is 46.2. The van der Waals surface area contributed by atoms with Crippen LogP contribution in [0.5, 0.6) is 0 Å². The van der Waals surface area contributed by atoms with E-state index in [0.717, 1.165) is 0 Å². The molecule has 9 amide bonds. The second-order valence-electron chi connectivity index (χ2n) is 34.1. The second kappa shape index (κ2) is 65.6. The van der Waals surface area contributed by atoms with Gasteiger partial charge < -0.3 is 193 Å². The maximum atomic E-state index is 15.3. The number of guanidine groups is 1. The van der Waals surface area contributed by atoms with E-state index in [1.54, 1.807) is 0 Å². The quantitative estimate of drug-likeness (QED) is 0.00820. The first-order valence-electron chi connectivity index (χ1n) is 45.6. The van der Waals surface area contributed by atoms with Gasteiger partial charge in [0.15, 0.2) is 34.5 Å². The Morgan fingerprint density at radius 2 is 0.745 bits per heavy atom. The number of amides is 9. The lowest BCUT2D eigenvalue weighted by atomic mass is 9.88. The minimum Gasteiger partial charge on any atom is -0.481 e. The molecule has 0 bridgehead atoms. The van der Waals surface area contributed by atoms with Gasteiger partial charge in [-0.2, -0.15) is 17.6 Å². The highest BCUT2D eigenvalue weighted by molar-refractivity contribution is 7.80. The highest BCUT2D eigenvalue weighted by atomic mass is 32.1. The summed E-state index contributed by atoms with van der Waals surface area (Å²) in [5.74, 6) is -29.1. The van der Waals surface area contributed by atoms with Crippen LogP contribution in [0, 0.1) is 23.7 Å². The van der Waals surface area contributed by atoms with Crippen molar-refractivity contribution in [2.24, 2.45) is 40.1 Å². The average Bonchev–Trinajstić information content (AvgIpc) is 0.807. The number of fused-ring (bicyclic) bond motifs is 1. The number of carbonyl (C=O) groups is 16. The molecule has 1 aromatic carbocycles. The molecule has 59 nitrogen and oxygen atoms in total. The van der Waals surface area contributed by atoms with Crippen LogP contribution in [0.2, 0.25) is 0 Å². The van der Waals surface area contributed by atoms with Gasteiger partial charge in [0, 0.05) is 144 Å². The number of hydrogen-bond acceptors (Lipinski definition) is 45. The number of aromatic amines is 1. The molecule has 0 unspecified atom stereocenters. The molecule has 2 aromatic heterocycles. The number of thiol groups is 1. The van der Waals surface area contributed by atoms with Crippen molar-refractivity contribution >= 4 is 136 Å². The molecule has 0 saturated heterocycles. The van der Waals surface area contributed by atoms with Gasteiger partial charge >= 0.3 is 17.9 Å². The minimum absolute atomic E-state index is 0.0134. The number of carboxylic acid groups (broad SMARTS) is 3. The molecule has 0 saturated carbocycles. The van der Waals surface area contributed by atoms with E-state index in [2.05, 4.69) is 90.7 Å². The predicted octanol–water partition coefficient (Wildman–Crippen LogP) is -15.9. The number of aliphatic imine (C=N–C) groups is 1. The van der Waals surface area contributed by atoms with Crippen LogP contribution in [-0.4, -0.2) is 436 Å². The first kappa shape index (κ1) is 127. The van der Waals surface area contributed by atoms with Crippen molar-refractivity contribution in [3.05, 3.63) is 52.1 Å². The Morgan fingerprint density at radius 1 is 0.407 bits per heavy atom. The zero-order valence-electron chi connectivity index (χ0n) is 78.4. The predicted molar refractivity (Wildman–Crippen MR) is 498 cm³/mol. The summed E-state index contributed by atoms with van der Waals surface area (Å²) in [4.78, 5) is 254. The zero-order valence-corrected chi connectivity index (χ0v) is 79.3. The van der Waals surface area contributed by atoms with Crippen LogP contribution < -0.4 is 75.9 Å². The number of nitrogens with one attached hydrogen (secondary N) is 11. The van der Waals surface area contributed by atoms with Gasteiger partial charge in [-0.05, 0) is 82.1 Å². The van der Waals surface area contributed by atoms with Gasteiger partial charge in [0.1, 0.15) is 91.3 Å². The Morgan fingerprint density at radius 3 is 1.08 bits per heavy atom. The first-order valence-corrected chi connectivity index (χ1v) is 46.2. The Balaban J connectivity index is 2.24. The van der Waals surface area contributed by atoms with E-state index in [1.807, 2.05) is 0 Å². The monoisotopic (exact) mass is 2090 g/mol. The number of carboxylic acids is 3. The summed E-state index contributed by atoms with van der Waals surface area (Å²) < 4.78 is 0. The molecule has 0 aliphatic heterocycles. The molecule has 25 atom stereocenters. The number of aliphatic hydroxyl groups excluding tert-OH is 21. The third-order valence-electron chi connectivity index (χ3n) is 22.8.